The van der Waals surface area contributed by atoms with Gasteiger partial charge in [0.25, 0.3) is 0 Å². The molecule has 0 bridgehead atoms. The maximum atomic E-state index is 5.24. The first-order chi connectivity index (χ1) is 4.97. The van der Waals surface area contributed by atoms with Crippen LogP contribution in [0.4, 0.5) is 0 Å². The number of hydrogen-bond donors (Lipinski definition) is 0. The van der Waals surface area contributed by atoms with Gasteiger partial charge in [0.2, 0.25) is 0 Å². The summed E-state index contributed by atoms with van der Waals surface area (Å²) in [6.07, 6.45) is 4.75. The van der Waals surface area contributed by atoms with E-state index in [4.69, 9.17) is 4.74 Å². The van der Waals surface area contributed by atoms with Crippen LogP contribution < -0.4 is 23.6 Å². The molecule has 7 heteroatoms. The Morgan fingerprint density at radius 1 is 0.938 bits per heavy atom. The normalized spacial score (nSPS) is 8.75. The zero-order chi connectivity index (χ0) is 6.81. The standard InChI is InChI=1S/C9H8O.Cu.4FH.Zn/c1-2-6-9-8(4-1)5-3-7-10-9;;;;;;/h1-4,6-7H,5H2;;4*1H;/q;+2;;;;;+2/p-4. The molecule has 0 fully saturated rings. The fourth-order valence-corrected chi connectivity index (χ4v) is 1.08. The van der Waals surface area contributed by atoms with Crippen LogP contribution in [-0.2, 0) is 43.0 Å². The van der Waals surface area contributed by atoms with Crippen LogP contribution in [0.2, 0.25) is 0 Å². The van der Waals surface area contributed by atoms with Gasteiger partial charge in [0.1, 0.15) is 5.75 Å². The molecule has 16 heavy (non-hydrogen) atoms. The largest absolute Gasteiger partial charge is 2.00 e. The van der Waals surface area contributed by atoms with E-state index in [1.54, 1.807) is 6.26 Å². The molecule has 0 aliphatic carbocycles. The van der Waals surface area contributed by atoms with Crippen molar-refractivity contribution < 1.29 is 60.1 Å². The Morgan fingerprint density at radius 3 is 2.06 bits per heavy atom. The Morgan fingerprint density at radius 2 is 1.50 bits per heavy atom. The molecule has 2 rings (SSSR count). The first-order valence-corrected chi connectivity index (χ1v) is 3.36. The Hall–Kier alpha value is -0.377. The van der Waals surface area contributed by atoms with Crippen LogP contribution in [-0.4, -0.2) is 0 Å². The summed E-state index contributed by atoms with van der Waals surface area (Å²) in [5, 5.41) is 0. The van der Waals surface area contributed by atoms with Gasteiger partial charge in [-0.05, 0) is 24.1 Å². The molecule has 1 nitrogen and oxygen atoms in total. The van der Waals surface area contributed by atoms with Crippen molar-refractivity contribution in [1.82, 2.24) is 0 Å². The van der Waals surface area contributed by atoms with Crippen LogP contribution in [0.3, 0.4) is 0 Å². The van der Waals surface area contributed by atoms with Gasteiger partial charge in [-0.3, -0.25) is 0 Å². The molecule has 1 aromatic rings. The van der Waals surface area contributed by atoms with Gasteiger partial charge in [-0.25, -0.2) is 0 Å². The average molecular weight is 337 g/mol. The fraction of sp³-hybridized carbons (Fsp3) is 0.111. The van der Waals surface area contributed by atoms with Crippen molar-refractivity contribution in [2.45, 2.75) is 6.42 Å². The van der Waals surface area contributed by atoms with Crippen LogP contribution in [0.5, 0.6) is 5.75 Å². The quantitative estimate of drug-likeness (QED) is 0.338. The Kier molecular flexibility index (Phi) is 27.1. The van der Waals surface area contributed by atoms with Gasteiger partial charge in [-0.1, -0.05) is 18.2 Å². The average Bonchev–Trinajstić information content (AvgIpc) is 2.05. The summed E-state index contributed by atoms with van der Waals surface area (Å²) >= 11 is 0. The third-order valence-electron chi connectivity index (χ3n) is 1.60. The smallest absolute Gasteiger partial charge is 1.00 e. The second-order valence-corrected chi connectivity index (χ2v) is 2.30. The molecule has 1 radical (unpaired) electrons. The van der Waals surface area contributed by atoms with Crippen molar-refractivity contribution in [1.29, 1.82) is 0 Å². The summed E-state index contributed by atoms with van der Waals surface area (Å²) in [5.74, 6) is 0.991. The number of fused-ring (bicyclic) bond motifs is 1. The first-order valence-electron chi connectivity index (χ1n) is 3.36. The van der Waals surface area contributed by atoms with Crippen molar-refractivity contribution in [3.63, 3.8) is 0 Å². The summed E-state index contributed by atoms with van der Waals surface area (Å²) in [7, 11) is 0. The van der Waals surface area contributed by atoms with Crippen molar-refractivity contribution in [3.05, 3.63) is 42.2 Å². The molecule has 1 aromatic carbocycles. The molecule has 1 aliphatic heterocycles. The zero-order valence-corrected chi connectivity index (χ0v) is 12.0. The van der Waals surface area contributed by atoms with Gasteiger partial charge in [0, 0.05) is 0 Å². The van der Waals surface area contributed by atoms with Crippen molar-refractivity contribution in [3.8, 4) is 5.75 Å². The second kappa shape index (κ2) is 14.6. The first kappa shape index (κ1) is 29.6. The van der Waals surface area contributed by atoms with Crippen molar-refractivity contribution in [2.24, 2.45) is 0 Å². The molecule has 0 atom stereocenters. The van der Waals surface area contributed by atoms with Gasteiger partial charge in [-0.15, -0.1) is 0 Å². The molecule has 0 aromatic heterocycles. The van der Waals surface area contributed by atoms with E-state index in [0.29, 0.717) is 0 Å². The molecule has 91 valence electrons. The molecule has 1 heterocycles. The number of rotatable bonds is 0. The van der Waals surface area contributed by atoms with Crippen LogP contribution in [0.25, 0.3) is 0 Å². The topological polar surface area (TPSA) is 9.23 Å². The van der Waals surface area contributed by atoms with E-state index < -0.39 is 0 Å². The minimum atomic E-state index is 0. The van der Waals surface area contributed by atoms with E-state index in [1.165, 1.54) is 5.56 Å². The number of allylic oxidation sites excluding steroid dienone is 1. The van der Waals surface area contributed by atoms with Gasteiger partial charge in [0.15, 0.2) is 0 Å². The SMILES string of the molecule is C1=COc2ccccc2C1.[Cu+2].[F-].[F-].[F-].[F-].[Zn+2]. The number of hydrogen-bond acceptors (Lipinski definition) is 1. The maximum Gasteiger partial charge on any atom is 2.00 e. The van der Waals surface area contributed by atoms with Crippen molar-refractivity contribution in [2.75, 3.05) is 0 Å². The molecule has 0 saturated heterocycles. The Labute approximate surface area is 114 Å². The molecule has 0 unspecified atom stereocenters. The van der Waals surface area contributed by atoms with E-state index in [0.717, 1.165) is 12.2 Å². The van der Waals surface area contributed by atoms with Crippen LogP contribution in [0.1, 0.15) is 5.56 Å². The van der Waals surface area contributed by atoms with Gasteiger partial charge >= 0.3 is 36.5 Å². The number of para-hydroxylation sites is 1. The molecular formula is C9H8CuF4OZn. The third kappa shape index (κ3) is 6.99. The molecule has 0 saturated carbocycles. The zero-order valence-electron chi connectivity index (χ0n) is 8.10. The number of benzene rings is 1. The van der Waals surface area contributed by atoms with E-state index in [2.05, 4.69) is 6.07 Å². The van der Waals surface area contributed by atoms with Gasteiger partial charge < -0.3 is 23.6 Å². The molecule has 0 spiro atoms. The third-order valence-corrected chi connectivity index (χ3v) is 1.60. The molecule has 0 amide bonds. The van der Waals surface area contributed by atoms with E-state index in [-0.39, 0.29) is 55.4 Å². The molecule has 0 N–H and O–H groups in total. The van der Waals surface area contributed by atoms with Gasteiger partial charge in [-0.2, -0.15) is 0 Å². The summed E-state index contributed by atoms with van der Waals surface area (Å²) < 4.78 is 5.24. The Bertz CT molecular complexity index is 259. The number of halogens is 4. The van der Waals surface area contributed by atoms with E-state index in [9.17, 15) is 0 Å². The maximum absolute atomic E-state index is 5.24. The van der Waals surface area contributed by atoms with E-state index in [1.807, 2.05) is 24.3 Å². The van der Waals surface area contributed by atoms with Crippen LogP contribution >= 0.6 is 0 Å². The predicted molar refractivity (Wildman–Crippen MR) is 39.9 cm³/mol. The summed E-state index contributed by atoms with van der Waals surface area (Å²) in [6, 6.07) is 8.08. The monoisotopic (exact) mass is 335 g/mol. The second-order valence-electron chi connectivity index (χ2n) is 2.30. The summed E-state index contributed by atoms with van der Waals surface area (Å²) in [5.41, 5.74) is 1.27. The minimum absolute atomic E-state index is 0. The van der Waals surface area contributed by atoms with Crippen LogP contribution in [0, 0.1) is 0 Å². The Balaban J connectivity index is -0.0000000672. The minimum Gasteiger partial charge on any atom is -1.00 e. The van der Waals surface area contributed by atoms with E-state index >= 15 is 0 Å². The summed E-state index contributed by atoms with van der Waals surface area (Å²) in [4.78, 5) is 0. The van der Waals surface area contributed by atoms with Crippen LogP contribution in [0.15, 0.2) is 36.6 Å². The fourth-order valence-electron chi connectivity index (χ4n) is 1.08. The van der Waals surface area contributed by atoms with Crippen molar-refractivity contribution >= 4 is 0 Å². The summed E-state index contributed by atoms with van der Waals surface area (Å²) in [6.45, 7) is 0. The van der Waals surface area contributed by atoms with Gasteiger partial charge in [0.05, 0.1) is 6.26 Å². The predicted octanol–water partition coefficient (Wildman–Crippen LogP) is -9.85. The number of ether oxygens (including phenoxy) is 1. The molecule has 1 aliphatic rings. The molecular weight excluding hydrogens is 329 g/mol.